The number of halogens is 1. The van der Waals surface area contributed by atoms with E-state index in [1.54, 1.807) is 0 Å². The van der Waals surface area contributed by atoms with E-state index in [1.807, 2.05) is 36.4 Å². The lowest BCUT2D eigenvalue weighted by Crippen LogP contribution is -2.08. The summed E-state index contributed by atoms with van der Waals surface area (Å²) in [6.45, 7) is 5.40. The molecule has 0 saturated carbocycles. The summed E-state index contributed by atoms with van der Waals surface area (Å²) in [6, 6.07) is 6.24. The fourth-order valence-corrected chi connectivity index (χ4v) is 3.98. The third-order valence-electron chi connectivity index (χ3n) is 4.98. The van der Waals surface area contributed by atoms with E-state index < -0.39 is 0 Å². The quantitative estimate of drug-likeness (QED) is 0.446. The predicted octanol–water partition coefficient (Wildman–Crippen LogP) is 3.37. The van der Waals surface area contributed by atoms with Crippen LogP contribution in [-0.2, 0) is 19.5 Å². The van der Waals surface area contributed by atoms with Crippen molar-refractivity contribution in [2.24, 2.45) is 0 Å². The second kappa shape index (κ2) is 6.16. The molecule has 0 radical (unpaired) electrons. The second-order valence-corrected chi connectivity index (χ2v) is 7.56. The van der Waals surface area contributed by atoms with E-state index in [2.05, 4.69) is 54.1 Å². The minimum absolute atomic E-state index is 0.616. The van der Waals surface area contributed by atoms with Crippen molar-refractivity contribution in [3.8, 4) is 17.1 Å². The van der Waals surface area contributed by atoms with Gasteiger partial charge in [-0.15, -0.1) is 0 Å². The van der Waals surface area contributed by atoms with Gasteiger partial charge >= 0.3 is 0 Å². The van der Waals surface area contributed by atoms with Gasteiger partial charge in [-0.25, -0.2) is 19.6 Å². The molecule has 1 aliphatic rings. The van der Waals surface area contributed by atoms with E-state index in [0.717, 1.165) is 51.0 Å². The first-order chi connectivity index (χ1) is 13.1. The van der Waals surface area contributed by atoms with E-state index in [1.165, 1.54) is 0 Å². The number of aromatic nitrogens is 7. The van der Waals surface area contributed by atoms with Gasteiger partial charge in [0.15, 0.2) is 11.6 Å². The lowest BCUT2D eigenvalue weighted by Gasteiger charge is -2.09. The second-order valence-electron chi connectivity index (χ2n) is 6.64. The van der Waals surface area contributed by atoms with Crippen molar-refractivity contribution in [1.29, 1.82) is 0 Å². The SMILES string of the molecule is CCc1nccn1Cc1nc2n(n1)Cc1c(C)ncn1-c1ccc(Br)cc1-2. The van der Waals surface area contributed by atoms with Crippen LogP contribution in [-0.4, -0.2) is 33.9 Å². The van der Waals surface area contributed by atoms with E-state index in [-0.39, 0.29) is 0 Å². The molecule has 5 rings (SSSR count). The summed E-state index contributed by atoms with van der Waals surface area (Å²) < 4.78 is 7.24. The number of hydrogen-bond acceptors (Lipinski definition) is 4. The number of hydrogen-bond donors (Lipinski definition) is 0. The van der Waals surface area contributed by atoms with Crippen molar-refractivity contribution in [3.05, 3.63) is 64.4 Å². The molecule has 0 unspecified atom stereocenters. The van der Waals surface area contributed by atoms with Gasteiger partial charge in [-0.05, 0) is 25.1 Å². The van der Waals surface area contributed by atoms with Gasteiger partial charge in [0.05, 0.1) is 36.5 Å². The maximum absolute atomic E-state index is 4.88. The Labute approximate surface area is 164 Å². The maximum Gasteiger partial charge on any atom is 0.171 e. The van der Waals surface area contributed by atoms with Crippen molar-refractivity contribution in [3.63, 3.8) is 0 Å². The highest BCUT2D eigenvalue weighted by Crippen LogP contribution is 2.33. The molecule has 0 N–H and O–H groups in total. The highest BCUT2D eigenvalue weighted by atomic mass is 79.9. The Bertz CT molecular complexity index is 1150. The van der Waals surface area contributed by atoms with Crippen molar-refractivity contribution in [1.82, 2.24) is 33.9 Å². The largest absolute Gasteiger partial charge is 0.327 e. The minimum Gasteiger partial charge on any atom is -0.327 e. The molecule has 8 heteroatoms. The Morgan fingerprint density at radius 1 is 1.22 bits per heavy atom. The highest BCUT2D eigenvalue weighted by Gasteiger charge is 2.24. The van der Waals surface area contributed by atoms with Crippen LogP contribution < -0.4 is 0 Å². The smallest absolute Gasteiger partial charge is 0.171 e. The molecule has 136 valence electrons. The molecule has 0 aliphatic carbocycles. The molecule has 4 heterocycles. The summed E-state index contributed by atoms with van der Waals surface area (Å²) in [4.78, 5) is 13.8. The van der Waals surface area contributed by atoms with Crippen molar-refractivity contribution >= 4 is 15.9 Å². The molecular formula is C19H18BrN7. The van der Waals surface area contributed by atoms with Crippen LogP contribution in [0.5, 0.6) is 0 Å². The van der Waals surface area contributed by atoms with Crippen LogP contribution in [0.15, 0.2) is 41.4 Å². The van der Waals surface area contributed by atoms with Crippen LogP contribution in [0.2, 0.25) is 0 Å². The molecule has 0 fully saturated rings. The first kappa shape index (κ1) is 16.4. The maximum atomic E-state index is 4.88. The average molecular weight is 424 g/mol. The van der Waals surface area contributed by atoms with Crippen LogP contribution in [0.25, 0.3) is 17.1 Å². The zero-order valence-electron chi connectivity index (χ0n) is 15.1. The lowest BCUT2D eigenvalue weighted by atomic mass is 10.1. The topological polar surface area (TPSA) is 66.3 Å². The number of fused-ring (bicyclic) bond motifs is 5. The lowest BCUT2D eigenvalue weighted by molar-refractivity contribution is 0.638. The number of aryl methyl sites for hydroxylation is 2. The molecule has 0 bridgehead atoms. The van der Waals surface area contributed by atoms with Gasteiger partial charge in [0, 0.05) is 28.9 Å². The van der Waals surface area contributed by atoms with Gasteiger partial charge in [-0.2, -0.15) is 5.10 Å². The fourth-order valence-electron chi connectivity index (χ4n) is 3.62. The molecule has 0 atom stereocenters. The van der Waals surface area contributed by atoms with Crippen molar-refractivity contribution in [2.45, 2.75) is 33.4 Å². The minimum atomic E-state index is 0.616. The van der Waals surface area contributed by atoms with Gasteiger partial charge < -0.3 is 9.13 Å². The standard InChI is InChI=1S/C19H18BrN7/c1-3-18-21-6-7-25(18)10-17-23-19-14-8-13(20)4-5-15(14)26-11-22-12(2)16(26)9-27(19)24-17/h4-8,11H,3,9-10H2,1-2H3. The molecule has 0 amide bonds. The van der Waals surface area contributed by atoms with E-state index in [0.29, 0.717) is 13.1 Å². The molecule has 1 aromatic carbocycles. The molecule has 0 spiro atoms. The van der Waals surface area contributed by atoms with E-state index in [4.69, 9.17) is 10.1 Å². The normalized spacial score (nSPS) is 12.4. The van der Waals surface area contributed by atoms with Crippen LogP contribution in [0.1, 0.15) is 30.0 Å². The molecule has 0 saturated heterocycles. The molecule has 1 aliphatic heterocycles. The Morgan fingerprint density at radius 2 is 2.11 bits per heavy atom. The van der Waals surface area contributed by atoms with Gasteiger partial charge in [-0.3, -0.25) is 0 Å². The van der Waals surface area contributed by atoms with Gasteiger partial charge in [0.2, 0.25) is 0 Å². The average Bonchev–Trinajstić information content (AvgIpc) is 3.34. The Balaban J connectivity index is 1.66. The highest BCUT2D eigenvalue weighted by molar-refractivity contribution is 9.10. The summed E-state index contributed by atoms with van der Waals surface area (Å²) in [5, 5.41) is 4.81. The van der Waals surface area contributed by atoms with Crippen LogP contribution in [0.3, 0.4) is 0 Å². The van der Waals surface area contributed by atoms with Gasteiger partial charge in [0.25, 0.3) is 0 Å². The summed E-state index contributed by atoms with van der Waals surface area (Å²) in [5.41, 5.74) is 4.26. The summed E-state index contributed by atoms with van der Waals surface area (Å²) in [7, 11) is 0. The summed E-state index contributed by atoms with van der Waals surface area (Å²) in [6.07, 6.45) is 6.57. The van der Waals surface area contributed by atoms with Crippen molar-refractivity contribution in [2.75, 3.05) is 0 Å². The summed E-state index contributed by atoms with van der Waals surface area (Å²) >= 11 is 3.59. The van der Waals surface area contributed by atoms with Crippen LogP contribution in [0.4, 0.5) is 0 Å². The number of imidazole rings is 2. The Kier molecular flexibility index (Phi) is 3.75. The van der Waals surface area contributed by atoms with Gasteiger partial charge in [0.1, 0.15) is 5.82 Å². The zero-order chi connectivity index (χ0) is 18.5. The molecule has 3 aromatic heterocycles. The van der Waals surface area contributed by atoms with Gasteiger partial charge in [-0.1, -0.05) is 22.9 Å². The first-order valence-electron chi connectivity index (χ1n) is 8.91. The Morgan fingerprint density at radius 3 is 2.96 bits per heavy atom. The molecular weight excluding hydrogens is 406 g/mol. The molecule has 27 heavy (non-hydrogen) atoms. The zero-order valence-corrected chi connectivity index (χ0v) is 16.7. The number of rotatable bonds is 3. The predicted molar refractivity (Wildman–Crippen MR) is 105 cm³/mol. The van der Waals surface area contributed by atoms with E-state index >= 15 is 0 Å². The molecule has 4 aromatic rings. The monoisotopic (exact) mass is 423 g/mol. The third-order valence-corrected chi connectivity index (χ3v) is 5.47. The van der Waals surface area contributed by atoms with Crippen LogP contribution >= 0.6 is 15.9 Å². The fraction of sp³-hybridized carbons (Fsp3) is 0.263. The molecule has 7 nitrogen and oxygen atoms in total. The number of benzene rings is 1. The van der Waals surface area contributed by atoms with E-state index in [9.17, 15) is 0 Å². The summed E-state index contributed by atoms with van der Waals surface area (Å²) in [5.74, 6) is 2.70. The van der Waals surface area contributed by atoms with Crippen molar-refractivity contribution < 1.29 is 0 Å². The van der Waals surface area contributed by atoms with Crippen LogP contribution in [0, 0.1) is 6.92 Å². The number of nitrogens with zero attached hydrogens (tertiary/aromatic N) is 7. The third kappa shape index (κ3) is 2.63. The first-order valence-corrected chi connectivity index (χ1v) is 9.70. The Hall–Kier alpha value is -2.74.